The van der Waals surface area contributed by atoms with Crippen LogP contribution in [-0.4, -0.2) is 62.2 Å². The van der Waals surface area contributed by atoms with Crippen molar-refractivity contribution in [2.45, 2.75) is 12.6 Å². The number of hydrogen-bond acceptors (Lipinski definition) is 4. The first kappa shape index (κ1) is 14.1. The molecule has 2 fully saturated rings. The van der Waals surface area contributed by atoms with E-state index >= 15 is 0 Å². The van der Waals surface area contributed by atoms with Crippen molar-refractivity contribution < 1.29 is 4.74 Å². The highest BCUT2D eigenvalue weighted by Crippen LogP contribution is 2.28. The number of ether oxygens (including phenoxy) is 1. The summed E-state index contributed by atoms with van der Waals surface area (Å²) >= 11 is 6.34. The minimum absolute atomic E-state index is 0.288. The van der Waals surface area contributed by atoms with E-state index in [0.29, 0.717) is 0 Å². The molecule has 2 heterocycles. The highest BCUT2D eigenvalue weighted by atomic mass is 35.5. The van der Waals surface area contributed by atoms with Crippen LogP contribution in [-0.2, 0) is 6.54 Å². The summed E-state index contributed by atoms with van der Waals surface area (Å²) in [6.07, 6.45) is 0.288. The van der Waals surface area contributed by atoms with Crippen molar-refractivity contribution in [3.63, 3.8) is 0 Å². The largest absolute Gasteiger partial charge is 0.486 e. The highest BCUT2D eigenvalue weighted by molar-refractivity contribution is 6.32. The van der Waals surface area contributed by atoms with Crippen molar-refractivity contribution >= 4 is 11.6 Å². The molecule has 0 aliphatic carbocycles. The zero-order valence-electron chi connectivity index (χ0n) is 11.9. The molecule has 20 heavy (non-hydrogen) atoms. The summed E-state index contributed by atoms with van der Waals surface area (Å²) in [5.41, 5.74) is 1.26. The van der Waals surface area contributed by atoms with Crippen LogP contribution in [0, 0.1) is 0 Å². The van der Waals surface area contributed by atoms with Gasteiger partial charge in [0.05, 0.1) is 5.02 Å². The van der Waals surface area contributed by atoms with Crippen molar-refractivity contribution in [1.29, 1.82) is 0 Å². The standard InChI is InChI=1S/C15H22ClN3O/c1-18-10-13(11-18)20-15-3-2-12(8-14(15)16)9-19-6-4-17-5-7-19/h2-3,8,13,17H,4-7,9-11H2,1H3. The Balaban J connectivity index is 1.58. The van der Waals surface area contributed by atoms with Crippen LogP contribution >= 0.6 is 11.6 Å². The number of likely N-dealkylation sites (N-methyl/N-ethyl adjacent to an activating group) is 1. The second-order valence-corrected chi connectivity index (χ2v) is 6.16. The van der Waals surface area contributed by atoms with Crippen LogP contribution in [0.1, 0.15) is 5.56 Å². The van der Waals surface area contributed by atoms with Crippen LogP contribution in [0.5, 0.6) is 5.75 Å². The first-order valence-corrected chi connectivity index (χ1v) is 7.65. The fourth-order valence-corrected chi connectivity index (χ4v) is 3.01. The molecular weight excluding hydrogens is 274 g/mol. The molecule has 5 heteroatoms. The fraction of sp³-hybridized carbons (Fsp3) is 0.600. The average molecular weight is 296 g/mol. The van der Waals surface area contributed by atoms with Gasteiger partial charge in [-0.3, -0.25) is 9.80 Å². The summed E-state index contributed by atoms with van der Waals surface area (Å²) in [6.45, 7) is 7.29. The predicted molar refractivity (Wildman–Crippen MR) is 81.5 cm³/mol. The molecule has 2 aliphatic heterocycles. The molecule has 110 valence electrons. The molecule has 3 rings (SSSR count). The molecule has 0 saturated carbocycles. The van der Waals surface area contributed by atoms with Crippen LogP contribution in [0.3, 0.4) is 0 Å². The van der Waals surface area contributed by atoms with Crippen molar-refractivity contribution in [1.82, 2.24) is 15.1 Å². The molecule has 1 aromatic rings. The summed E-state index contributed by atoms with van der Waals surface area (Å²) in [5, 5.41) is 4.10. The summed E-state index contributed by atoms with van der Waals surface area (Å²) in [7, 11) is 2.10. The zero-order chi connectivity index (χ0) is 13.9. The number of likely N-dealkylation sites (tertiary alicyclic amines) is 1. The van der Waals surface area contributed by atoms with E-state index in [4.69, 9.17) is 16.3 Å². The van der Waals surface area contributed by atoms with E-state index in [0.717, 1.165) is 56.6 Å². The molecule has 0 bridgehead atoms. The lowest BCUT2D eigenvalue weighted by Gasteiger charge is -2.36. The maximum Gasteiger partial charge on any atom is 0.138 e. The smallest absolute Gasteiger partial charge is 0.138 e. The lowest BCUT2D eigenvalue weighted by Crippen LogP contribution is -2.51. The summed E-state index contributed by atoms with van der Waals surface area (Å²) in [5.74, 6) is 0.814. The van der Waals surface area contributed by atoms with Crippen LogP contribution in [0.25, 0.3) is 0 Å². The van der Waals surface area contributed by atoms with E-state index in [9.17, 15) is 0 Å². The molecule has 1 aromatic carbocycles. The Morgan fingerprint density at radius 1 is 1.30 bits per heavy atom. The van der Waals surface area contributed by atoms with Crippen molar-refractivity contribution in [3.8, 4) is 5.75 Å². The van der Waals surface area contributed by atoms with Gasteiger partial charge in [0.25, 0.3) is 0 Å². The number of benzene rings is 1. The normalized spacial score (nSPS) is 21.7. The molecular formula is C15H22ClN3O. The average Bonchev–Trinajstić information content (AvgIpc) is 2.41. The van der Waals surface area contributed by atoms with E-state index in [1.165, 1.54) is 5.56 Å². The van der Waals surface area contributed by atoms with Gasteiger partial charge < -0.3 is 10.1 Å². The molecule has 0 atom stereocenters. The first-order valence-electron chi connectivity index (χ1n) is 7.27. The Labute approximate surface area is 125 Å². The topological polar surface area (TPSA) is 27.7 Å². The first-order chi connectivity index (χ1) is 9.70. The van der Waals surface area contributed by atoms with E-state index < -0.39 is 0 Å². The lowest BCUT2D eigenvalue weighted by molar-refractivity contribution is 0.0389. The number of rotatable bonds is 4. The lowest BCUT2D eigenvalue weighted by atomic mass is 10.1. The Hall–Kier alpha value is -0.810. The van der Waals surface area contributed by atoms with Gasteiger partial charge in [0.15, 0.2) is 0 Å². The summed E-state index contributed by atoms with van der Waals surface area (Å²) in [6, 6.07) is 6.19. The third-order valence-corrected chi connectivity index (χ3v) is 4.23. The van der Waals surface area contributed by atoms with Gasteiger partial charge in [-0.15, -0.1) is 0 Å². The van der Waals surface area contributed by atoms with Gasteiger partial charge in [-0.05, 0) is 24.7 Å². The Bertz CT molecular complexity index is 456. The number of halogens is 1. The summed E-state index contributed by atoms with van der Waals surface area (Å²) < 4.78 is 5.90. The van der Waals surface area contributed by atoms with Crippen molar-refractivity contribution in [2.75, 3.05) is 46.3 Å². The molecule has 4 nitrogen and oxygen atoms in total. The molecule has 2 saturated heterocycles. The van der Waals surface area contributed by atoms with Gasteiger partial charge in [-0.25, -0.2) is 0 Å². The Morgan fingerprint density at radius 3 is 2.70 bits per heavy atom. The molecule has 0 amide bonds. The van der Waals surface area contributed by atoms with Crippen molar-refractivity contribution in [3.05, 3.63) is 28.8 Å². The number of piperazine rings is 1. The quantitative estimate of drug-likeness (QED) is 0.910. The van der Waals surface area contributed by atoms with Crippen LogP contribution in [0.4, 0.5) is 0 Å². The van der Waals surface area contributed by atoms with E-state index in [2.05, 4.69) is 28.2 Å². The van der Waals surface area contributed by atoms with Gasteiger partial charge in [-0.1, -0.05) is 17.7 Å². The maximum atomic E-state index is 6.34. The monoisotopic (exact) mass is 295 g/mol. The molecule has 2 aliphatic rings. The second-order valence-electron chi connectivity index (χ2n) is 5.75. The third kappa shape index (κ3) is 3.44. The number of nitrogens with zero attached hydrogens (tertiary/aromatic N) is 2. The maximum absolute atomic E-state index is 6.34. The van der Waals surface area contributed by atoms with Crippen LogP contribution in [0.2, 0.25) is 5.02 Å². The van der Waals surface area contributed by atoms with Gasteiger partial charge in [-0.2, -0.15) is 0 Å². The number of hydrogen-bond donors (Lipinski definition) is 1. The van der Waals surface area contributed by atoms with Gasteiger partial charge in [0, 0.05) is 45.8 Å². The van der Waals surface area contributed by atoms with E-state index in [1.54, 1.807) is 0 Å². The third-order valence-electron chi connectivity index (χ3n) is 3.94. The minimum Gasteiger partial charge on any atom is -0.486 e. The number of nitrogens with one attached hydrogen (secondary N) is 1. The Kier molecular flexibility index (Phi) is 4.46. The predicted octanol–water partition coefficient (Wildman–Crippen LogP) is 1.44. The van der Waals surface area contributed by atoms with Gasteiger partial charge >= 0.3 is 0 Å². The van der Waals surface area contributed by atoms with Crippen LogP contribution < -0.4 is 10.1 Å². The minimum atomic E-state index is 0.288. The van der Waals surface area contributed by atoms with Crippen LogP contribution in [0.15, 0.2) is 18.2 Å². The zero-order valence-corrected chi connectivity index (χ0v) is 12.7. The summed E-state index contributed by atoms with van der Waals surface area (Å²) in [4.78, 5) is 4.68. The van der Waals surface area contributed by atoms with Crippen molar-refractivity contribution in [2.24, 2.45) is 0 Å². The van der Waals surface area contributed by atoms with Gasteiger partial charge in [0.2, 0.25) is 0 Å². The SMILES string of the molecule is CN1CC(Oc2ccc(CN3CCNCC3)cc2Cl)C1. The Morgan fingerprint density at radius 2 is 2.05 bits per heavy atom. The molecule has 0 aromatic heterocycles. The second kappa shape index (κ2) is 6.31. The molecule has 0 radical (unpaired) electrons. The molecule has 0 unspecified atom stereocenters. The van der Waals surface area contributed by atoms with E-state index in [1.807, 2.05) is 12.1 Å². The molecule has 1 N–H and O–H groups in total. The fourth-order valence-electron chi connectivity index (χ4n) is 2.76. The van der Waals surface area contributed by atoms with E-state index in [-0.39, 0.29) is 6.10 Å². The molecule has 0 spiro atoms. The van der Waals surface area contributed by atoms with Gasteiger partial charge in [0.1, 0.15) is 11.9 Å². The highest BCUT2D eigenvalue weighted by Gasteiger charge is 2.25.